The monoisotopic (exact) mass is 269 g/mol. The van der Waals surface area contributed by atoms with Crippen LogP contribution >= 0.6 is 11.6 Å². The standard InChI is InChI=1S/C13H16ClNO3/c1-15(10-5-6-10)12(17)8-18-13-9(7-16)3-2-4-11(13)14/h2-4,10,16H,5-8H2,1H3. The number of ether oxygens (including phenoxy) is 1. The number of halogens is 1. The Balaban J connectivity index is 1.99. The molecule has 0 radical (unpaired) electrons. The number of carbonyl (C=O) groups is 1. The van der Waals surface area contributed by atoms with Crippen molar-refractivity contribution in [3.63, 3.8) is 0 Å². The minimum Gasteiger partial charge on any atom is -0.482 e. The molecule has 4 nitrogen and oxygen atoms in total. The first-order valence-electron chi connectivity index (χ1n) is 5.90. The Labute approximate surface area is 111 Å². The van der Waals surface area contributed by atoms with Crippen molar-refractivity contribution in [2.75, 3.05) is 13.7 Å². The van der Waals surface area contributed by atoms with Crippen LogP contribution in [0, 0.1) is 0 Å². The molecule has 1 saturated carbocycles. The summed E-state index contributed by atoms with van der Waals surface area (Å²) in [5, 5.41) is 9.59. The number of amides is 1. The zero-order chi connectivity index (χ0) is 13.1. The van der Waals surface area contributed by atoms with Gasteiger partial charge in [0.05, 0.1) is 11.6 Å². The van der Waals surface area contributed by atoms with E-state index in [-0.39, 0.29) is 19.1 Å². The fourth-order valence-corrected chi connectivity index (χ4v) is 1.99. The van der Waals surface area contributed by atoms with E-state index in [4.69, 9.17) is 16.3 Å². The van der Waals surface area contributed by atoms with E-state index in [1.165, 1.54) is 0 Å². The number of rotatable bonds is 5. The molecule has 0 unspecified atom stereocenters. The smallest absolute Gasteiger partial charge is 0.260 e. The molecule has 1 aromatic carbocycles. The molecule has 1 N–H and O–H groups in total. The maximum atomic E-state index is 11.8. The van der Waals surface area contributed by atoms with Gasteiger partial charge in [-0.3, -0.25) is 4.79 Å². The van der Waals surface area contributed by atoms with Crippen molar-refractivity contribution in [2.24, 2.45) is 0 Å². The van der Waals surface area contributed by atoms with E-state index in [1.807, 2.05) is 0 Å². The largest absolute Gasteiger partial charge is 0.482 e. The Morgan fingerprint density at radius 2 is 2.28 bits per heavy atom. The zero-order valence-electron chi connectivity index (χ0n) is 10.2. The molecular weight excluding hydrogens is 254 g/mol. The number of benzene rings is 1. The topological polar surface area (TPSA) is 49.8 Å². The predicted octanol–water partition coefficient (Wildman–Crippen LogP) is 1.83. The van der Waals surface area contributed by atoms with Crippen LogP contribution in [0.4, 0.5) is 0 Å². The lowest BCUT2D eigenvalue weighted by Gasteiger charge is -2.17. The maximum Gasteiger partial charge on any atom is 0.260 e. The SMILES string of the molecule is CN(C(=O)COc1c(Cl)cccc1CO)C1CC1. The van der Waals surface area contributed by atoms with Crippen LogP contribution in [0.15, 0.2) is 18.2 Å². The third kappa shape index (κ3) is 2.94. The van der Waals surface area contributed by atoms with Gasteiger partial charge in [-0.15, -0.1) is 0 Å². The van der Waals surface area contributed by atoms with E-state index < -0.39 is 0 Å². The van der Waals surface area contributed by atoms with Crippen LogP contribution in [0.3, 0.4) is 0 Å². The van der Waals surface area contributed by atoms with Gasteiger partial charge in [-0.05, 0) is 18.9 Å². The fourth-order valence-electron chi connectivity index (χ4n) is 1.74. The van der Waals surface area contributed by atoms with Crippen molar-refractivity contribution in [1.29, 1.82) is 0 Å². The van der Waals surface area contributed by atoms with Gasteiger partial charge in [-0.25, -0.2) is 0 Å². The summed E-state index contributed by atoms with van der Waals surface area (Å²) in [6.07, 6.45) is 2.13. The van der Waals surface area contributed by atoms with E-state index >= 15 is 0 Å². The van der Waals surface area contributed by atoms with Crippen molar-refractivity contribution in [2.45, 2.75) is 25.5 Å². The van der Waals surface area contributed by atoms with Gasteiger partial charge in [-0.1, -0.05) is 23.7 Å². The number of aliphatic hydroxyl groups excluding tert-OH is 1. The van der Waals surface area contributed by atoms with E-state index in [9.17, 15) is 9.90 Å². The van der Waals surface area contributed by atoms with Crippen molar-refractivity contribution < 1.29 is 14.6 Å². The second-order valence-corrected chi connectivity index (χ2v) is 4.82. The molecule has 1 aliphatic carbocycles. The molecule has 1 aromatic rings. The summed E-state index contributed by atoms with van der Waals surface area (Å²) in [7, 11) is 1.78. The van der Waals surface area contributed by atoms with E-state index in [2.05, 4.69) is 0 Å². The average Bonchev–Trinajstić information content (AvgIpc) is 3.20. The fraction of sp³-hybridized carbons (Fsp3) is 0.462. The Bertz CT molecular complexity index is 446. The number of carbonyl (C=O) groups excluding carboxylic acids is 1. The number of hydrogen-bond donors (Lipinski definition) is 1. The highest BCUT2D eigenvalue weighted by atomic mass is 35.5. The maximum absolute atomic E-state index is 11.8. The molecule has 0 spiro atoms. The molecule has 0 atom stereocenters. The predicted molar refractivity (Wildman–Crippen MR) is 68.7 cm³/mol. The Hall–Kier alpha value is -1.26. The van der Waals surface area contributed by atoms with E-state index in [1.54, 1.807) is 30.1 Å². The van der Waals surface area contributed by atoms with Crippen molar-refractivity contribution in [3.05, 3.63) is 28.8 Å². The van der Waals surface area contributed by atoms with Gasteiger partial charge in [0.15, 0.2) is 6.61 Å². The van der Waals surface area contributed by atoms with Gasteiger partial charge < -0.3 is 14.7 Å². The van der Waals surface area contributed by atoms with E-state index in [0.29, 0.717) is 22.4 Å². The minimum atomic E-state index is -0.164. The lowest BCUT2D eigenvalue weighted by atomic mass is 10.2. The van der Waals surface area contributed by atoms with Crippen molar-refractivity contribution >= 4 is 17.5 Å². The first kappa shape index (κ1) is 13.2. The third-order valence-corrected chi connectivity index (χ3v) is 3.34. The number of hydrogen-bond acceptors (Lipinski definition) is 3. The highest BCUT2D eigenvalue weighted by Crippen LogP contribution is 2.29. The first-order chi connectivity index (χ1) is 8.63. The Morgan fingerprint density at radius 1 is 1.56 bits per heavy atom. The summed E-state index contributed by atoms with van der Waals surface area (Å²) < 4.78 is 5.44. The van der Waals surface area contributed by atoms with Gasteiger partial charge >= 0.3 is 0 Å². The molecule has 18 heavy (non-hydrogen) atoms. The molecule has 5 heteroatoms. The molecule has 0 saturated heterocycles. The van der Waals surface area contributed by atoms with Gasteiger partial charge in [0.25, 0.3) is 5.91 Å². The number of aliphatic hydroxyl groups is 1. The van der Waals surface area contributed by atoms with Crippen molar-refractivity contribution in [3.8, 4) is 5.75 Å². The Morgan fingerprint density at radius 3 is 2.89 bits per heavy atom. The van der Waals surface area contributed by atoms with Crippen LogP contribution in [0.5, 0.6) is 5.75 Å². The molecule has 98 valence electrons. The molecular formula is C13H16ClNO3. The zero-order valence-corrected chi connectivity index (χ0v) is 11.0. The summed E-state index contributed by atoms with van der Waals surface area (Å²) in [5.74, 6) is 0.320. The summed E-state index contributed by atoms with van der Waals surface area (Å²) in [6.45, 7) is -0.216. The van der Waals surface area contributed by atoms with Crippen LogP contribution in [0.1, 0.15) is 18.4 Å². The highest BCUT2D eigenvalue weighted by molar-refractivity contribution is 6.32. The minimum absolute atomic E-state index is 0.0519. The molecule has 2 rings (SSSR count). The van der Waals surface area contributed by atoms with Gasteiger partial charge in [0.2, 0.25) is 0 Å². The number of likely N-dealkylation sites (N-methyl/N-ethyl adjacent to an activating group) is 1. The highest BCUT2D eigenvalue weighted by Gasteiger charge is 2.29. The van der Waals surface area contributed by atoms with Crippen molar-refractivity contribution in [1.82, 2.24) is 4.90 Å². The molecule has 1 fully saturated rings. The lowest BCUT2D eigenvalue weighted by molar-refractivity contribution is -0.132. The summed E-state index contributed by atoms with van der Waals surface area (Å²) in [6, 6.07) is 5.49. The molecule has 0 heterocycles. The molecule has 0 aromatic heterocycles. The third-order valence-electron chi connectivity index (χ3n) is 3.05. The van der Waals surface area contributed by atoms with E-state index in [0.717, 1.165) is 12.8 Å². The van der Waals surface area contributed by atoms with Crippen LogP contribution in [0.25, 0.3) is 0 Å². The molecule has 1 amide bonds. The number of nitrogens with zero attached hydrogens (tertiary/aromatic N) is 1. The quantitative estimate of drug-likeness (QED) is 0.887. The van der Waals surface area contributed by atoms with Gasteiger partial charge in [0, 0.05) is 18.7 Å². The summed E-state index contributed by atoms with van der Waals surface area (Å²) >= 11 is 5.99. The first-order valence-corrected chi connectivity index (χ1v) is 6.28. The normalized spacial score (nSPS) is 14.4. The second-order valence-electron chi connectivity index (χ2n) is 4.41. The summed E-state index contributed by atoms with van der Waals surface area (Å²) in [5.41, 5.74) is 0.587. The molecule has 1 aliphatic rings. The van der Waals surface area contributed by atoms with Crippen LogP contribution in [0.2, 0.25) is 5.02 Å². The molecule has 0 aliphatic heterocycles. The van der Waals surface area contributed by atoms with Gasteiger partial charge in [0.1, 0.15) is 5.75 Å². The Kier molecular flexibility index (Phi) is 4.09. The second kappa shape index (κ2) is 5.59. The van der Waals surface area contributed by atoms with Crippen LogP contribution in [-0.4, -0.2) is 35.6 Å². The lowest BCUT2D eigenvalue weighted by Crippen LogP contribution is -2.33. The van der Waals surface area contributed by atoms with Crippen LogP contribution < -0.4 is 4.74 Å². The molecule has 0 bridgehead atoms. The van der Waals surface area contributed by atoms with Gasteiger partial charge in [-0.2, -0.15) is 0 Å². The van der Waals surface area contributed by atoms with Crippen LogP contribution in [-0.2, 0) is 11.4 Å². The average molecular weight is 270 g/mol. The number of para-hydroxylation sites is 1. The summed E-state index contributed by atoms with van der Waals surface area (Å²) in [4.78, 5) is 13.5.